The van der Waals surface area contributed by atoms with E-state index in [2.05, 4.69) is 4.98 Å². The summed E-state index contributed by atoms with van der Waals surface area (Å²) in [5, 5.41) is 1.08. The van der Waals surface area contributed by atoms with Crippen LogP contribution in [0.3, 0.4) is 0 Å². The first-order valence-electron chi connectivity index (χ1n) is 10.2. The summed E-state index contributed by atoms with van der Waals surface area (Å²) in [5.74, 6) is -0.256. The van der Waals surface area contributed by atoms with Crippen molar-refractivity contribution in [3.8, 4) is 0 Å². The highest BCUT2D eigenvalue weighted by Gasteiger charge is 2.21. The number of aromatic nitrogens is 2. The van der Waals surface area contributed by atoms with E-state index in [4.69, 9.17) is 4.74 Å². The van der Waals surface area contributed by atoms with Crippen molar-refractivity contribution >= 4 is 28.6 Å². The predicted octanol–water partition coefficient (Wildman–Crippen LogP) is 3.47. The highest BCUT2D eigenvalue weighted by atomic mass is 32.2. The second kappa shape index (κ2) is 9.62. The molecule has 1 fully saturated rings. The molecule has 1 saturated heterocycles. The van der Waals surface area contributed by atoms with E-state index in [-0.39, 0.29) is 29.1 Å². The van der Waals surface area contributed by atoms with Gasteiger partial charge in [0.05, 0.1) is 29.3 Å². The first-order valence-corrected chi connectivity index (χ1v) is 11.2. The summed E-state index contributed by atoms with van der Waals surface area (Å²) in [5.41, 5.74) is 1.35. The molecule has 0 radical (unpaired) electrons. The van der Waals surface area contributed by atoms with Crippen LogP contribution in [-0.2, 0) is 22.6 Å². The third-order valence-electron chi connectivity index (χ3n) is 5.32. The van der Waals surface area contributed by atoms with Crippen molar-refractivity contribution in [1.82, 2.24) is 14.5 Å². The van der Waals surface area contributed by atoms with Crippen LogP contribution in [0.1, 0.15) is 18.4 Å². The van der Waals surface area contributed by atoms with Crippen molar-refractivity contribution < 1.29 is 13.9 Å². The molecule has 1 aliphatic heterocycles. The van der Waals surface area contributed by atoms with Crippen LogP contribution in [0.5, 0.6) is 0 Å². The zero-order valence-corrected chi connectivity index (χ0v) is 18.1. The maximum absolute atomic E-state index is 13.1. The standard InChI is InChI=1S/C23H24FN3O3S/c1-26(13-16-8-10-17(24)11-9-16)21(28)15-31-23-25-20-7-3-2-6-19(20)22(29)27(23)14-18-5-4-12-30-18/h2-3,6-11,18H,4-5,12-15H2,1H3. The van der Waals surface area contributed by atoms with E-state index in [1.54, 1.807) is 40.8 Å². The second-order valence-electron chi connectivity index (χ2n) is 7.63. The number of para-hydroxylation sites is 1. The molecule has 0 spiro atoms. The number of hydrogen-bond donors (Lipinski definition) is 0. The van der Waals surface area contributed by atoms with E-state index < -0.39 is 0 Å². The molecule has 3 aromatic rings. The van der Waals surface area contributed by atoms with Crippen LogP contribution < -0.4 is 5.56 Å². The van der Waals surface area contributed by atoms with Crippen LogP contribution in [-0.4, -0.2) is 45.9 Å². The minimum atomic E-state index is -0.306. The molecule has 8 heteroatoms. The van der Waals surface area contributed by atoms with Crippen LogP contribution >= 0.6 is 11.8 Å². The molecule has 1 aliphatic rings. The van der Waals surface area contributed by atoms with Gasteiger partial charge < -0.3 is 9.64 Å². The molecule has 162 valence electrons. The summed E-state index contributed by atoms with van der Waals surface area (Å²) in [6.45, 7) is 1.52. The Bertz CT molecular complexity index is 1130. The van der Waals surface area contributed by atoms with E-state index in [1.165, 1.54) is 23.9 Å². The minimum absolute atomic E-state index is 0.0168. The van der Waals surface area contributed by atoms with Gasteiger partial charge in [0, 0.05) is 20.2 Å². The zero-order chi connectivity index (χ0) is 21.8. The molecular weight excluding hydrogens is 417 g/mol. The van der Waals surface area contributed by atoms with Gasteiger partial charge in [0.1, 0.15) is 5.82 Å². The molecule has 31 heavy (non-hydrogen) atoms. The SMILES string of the molecule is CN(Cc1ccc(F)cc1)C(=O)CSc1nc2ccccc2c(=O)n1CC1CCCO1. The molecule has 1 atom stereocenters. The van der Waals surface area contributed by atoms with Crippen molar-refractivity contribution in [3.63, 3.8) is 0 Å². The van der Waals surface area contributed by atoms with Gasteiger partial charge in [-0.1, -0.05) is 36.0 Å². The average molecular weight is 442 g/mol. The molecule has 1 unspecified atom stereocenters. The van der Waals surface area contributed by atoms with Gasteiger partial charge in [-0.3, -0.25) is 14.2 Å². The summed E-state index contributed by atoms with van der Waals surface area (Å²) in [6.07, 6.45) is 1.87. The molecule has 0 saturated carbocycles. The van der Waals surface area contributed by atoms with E-state index in [9.17, 15) is 14.0 Å². The zero-order valence-electron chi connectivity index (χ0n) is 17.3. The number of rotatable bonds is 7. The fraction of sp³-hybridized carbons (Fsp3) is 0.348. The number of halogens is 1. The number of thioether (sulfide) groups is 1. The maximum Gasteiger partial charge on any atom is 0.262 e. The lowest BCUT2D eigenvalue weighted by atomic mass is 10.2. The van der Waals surface area contributed by atoms with E-state index in [1.807, 2.05) is 12.1 Å². The Kier molecular flexibility index (Phi) is 6.67. The third-order valence-corrected chi connectivity index (χ3v) is 6.28. The Morgan fingerprint density at radius 2 is 2.03 bits per heavy atom. The highest BCUT2D eigenvalue weighted by molar-refractivity contribution is 7.99. The van der Waals surface area contributed by atoms with Gasteiger partial charge in [-0.2, -0.15) is 0 Å². The number of amides is 1. The predicted molar refractivity (Wildman–Crippen MR) is 119 cm³/mol. The minimum Gasteiger partial charge on any atom is -0.376 e. The summed E-state index contributed by atoms with van der Waals surface area (Å²) in [4.78, 5) is 32.0. The summed E-state index contributed by atoms with van der Waals surface area (Å²) >= 11 is 1.25. The molecule has 1 aromatic heterocycles. The highest BCUT2D eigenvalue weighted by Crippen LogP contribution is 2.21. The molecule has 1 amide bonds. The Labute approximate surface area is 184 Å². The second-order valence-corrected chi connectivity index (χ2v) is 8.57. The fourth-order valence-electron chi connectivity index (χ4n) is 3.60. The fourth-order valence-corrected chi connectivity index (χ4v) is 4.55. The van der Waals surface area contributed by atoms with Gasteiger partial charge in [-0.05, 0) is 42.7 Å². The monoisotopic (exact) mass is 441 g/mol. The molecule has 6 nitrogen and oxygen atoms in total. The summed E-state index contributed by atoms with van der Waals surface area (Å²) in [6, 6.07) is 13.3. The number of fused-ring (bicyclic) bond motifs is 1. The molecule has 0 bridgehead atoms. The Balaban J connectivity index is 1.51. The summed E-state index contributed by atoms with van der Waals surface area (Å²) in [7, 11) is 1.71. The third kappa shape index (κ3) is 5.14. The van der Waals surface area contributed by atoms with Gasteiger partial charge in [0.25, 0.3) is 5.56 Å². The largest absolute Gasteiger partial charge is 0.376 e. The van der Waals surface area contributed by atoms with Crippen molar-refractivity contribution in [2.75, 3.05) is 19.4 Å². The molecule has 2 heterocycles. The normalized spacial score (nSPS) is 16.0. The number of carbonyl (C=O) groups is 1. The molecule has 4 rings (SSSR count). The van der Waals surface area contributed by atoms with Crippen molar-refractivity contribution in [3.05, 3.63) is 70.3 Å². The number of ether oxygens (including phenoxy) is 1. The smallest absolute Gasteiger partial charge is 0.262 e. The van der Waals surface area contributed by atoms with Crippen LogP contribution in [0.2, 0.25) is 0 Å². The number of hydrogen-bond acceptors (Lipinski definition) is 5. The summed E-state index contributed by atoms with van der Waals surface area (Å²) < 4.78 is 20.4. The topological polar surface area (TPSA) is 64.4 Å². The number of benzene rings is 2. The van der Waals surface area contributed by atoms with Crippen LogP contribution in [0.15, 0.2) is 58.5 Å². The van der Waals surface area contributed by atoms with Crippen molar-refractivity contribution in [2.24, 2.45) is 0 Å². The van der Waals surface area contributed by atoms with Gasteiger partial charge in [-0.25, -0.2) is 9.37 Å². The van der Waals surface area contributed by atoms with Crippen LogP contribution in [0, 0.1) is 5.82 Å². The first kappa shape index (κ1) is 21.5. The molecular formula is C23H24FN3O3S. The van der Waals surface area contributed by atoms with Gasteiger partial charge >= 0.3 is 0 Å². The molecule has 0 aliphatic carbocycles. The van der Waals surface area contributed by atoms with Crippen molar-refractivity contribution in [1.29, 1.82) is 0 Å². The Hall–Kier alpha value is -2.71. The van der Waals surface area contributed by atoms with Crippen LogP contribution in [0.25, 0.3) is 10.9 Å². The lowest BCUT2D eigenvalue weighted by Gasteiger charge is -2.19. The number of nitrogens with zero attached hydrogens (tertiary/aromatic N) is 3. The van der Waals surface area contributed by atoms with Gasteiger partial charge in [0.15, 0.2) is 5.16 Å². The van der Waals surface area contributed by atoms with Crippen LogP contribution in [0.4, 0.5) is 4.39 Å². The quantitative estimate of drug-likeness (QED) is 0.415. The lowest BCUT2D eigenvalue weighted by molar-refractivity contribution is -0.127. The van der Waals surface area contributed by atoms with E-state index in [0.29, 0.717) is 35.8 Å². The lowest BCUT2D eigenvalue weighted by Crippen LogP contribution is -2.30. The Morgan fingerprint density at radius 3 is 2.77 bits per heavy atom. The first-order chi connectivity index (χ1) is 15.0. The van der Waals surface area contributed by atoms with E-state index >= 15 is 0 Å². The maximum atomic E-state index is 13.1. The average Bonchev–Trinajstić information content (AvgIpc) is 3.29. The number of carbonyl (C=O) groups excluding carboxylic acids is 1. The molecule has 2 aromatic carbocycles. The van der Waals surface area contributed by atoms with E-state index in [0.717, 1.165) is 18.4 Å². The Morgan fingerprint density at radius 1 is 1.26 bits per heavy atom. The van der Waals surface area contributed by atoms with Gasteiger partial charge in [0.2, 0.25) is 5.91 Å². The van der Waals surface area contributed by atoms with Crippen molar-refractivity contribution in [2.45, 2.75) is 37.2 Å². The molecule has 0 N–H and O–H groups in total. The van der Waals surface area contributed by atoms with Gasteiger partial charge in [-0.15, -0.1) is 0 Å².